The van der Waals surface area contributed by atoms with Crippen LogP contribution >= 0.6 is 0 Å². The van der Waals surface area contributed by atoms with E-state index in [2.05, 4.69) is 53.3 Å². The topological polar surface area (TPSA) is 50.6 Å². The Hall–Kier alpha value is -2.60. The SMILES string of the molecule is COc1ccc(CN2CCC(C3CC=CCN(C)C3=O)CC2)cc1Cn1nc(C)cc1C. The third kappa shape index (κ3) is 5.07. The molecule has 4 rings (SSSR count). The van der Waals surface area contributed by atoms with Gasteiger partial charge in [-0.05, 0) is 75.9 Å². The van der Waals surface area contributed by atoms with Gasteiger partial charge >= 0.3 is 0 Å². The minimum absolute atomic E-state index is 0.147. The molecule has 0 saturated carbocycles. The number of rotatable bonds is 6. The zero-order chi connectivity index (χ0) is 22.7. The maximum Gasteiger partial charge on any atom is 0.226 e. The Morgan fingerprint density at radius 2 is 1.88 bits per heavy atom. The van der Waals surface area contributed by atoms with Crippen LogP contribution in [0.15, 0.2) is 36.4 Å². The minimum atomic E-state index is 0.147. The highest BCUT2D eigenvalue weighted by Gasteiger charge is 2.33. The van der Waals surface area contributed by atoms with E-state index in [4.69, 9.17) is 4.74 Å². The lowest BCUT2D eigenvalue weighted by Crippen LogP contribution is -2.41. The third-order valence-electron chi connectivity index (χ3n) is 7.01. The Kier molecular flexibility index (Phi) is 6.99. The van der Waals surface area contributed by atoms with E-state index >= 15 is 0 Å². The van der Waals surface area contributed by atoms with Crippen LogP contribution in [-0.4, -0.2) is 59.3 Å². The Morgan fingerprint density at radius 1 is 1.09 bits per heavy atom. The number of aromatic nitrogens is 2. The number of amides is 1. The quantitative estimate of drug-likeness (QED) is 0.647. The van der Waals surface area contributed by atoms with Crippen LogP contribution in [0.4, 0.5) is 0 Å². The zero-order valence-corrected chi connectivity index (χ0v) is 19.9. The first-order valence-electron chi connectivity index (χ1n) is 11.7. The normalized spacial score (nSPS) is 20.6. The van der Waals surface area contributed by atoms with Crippen LogP contribution in [0.3, 0.4) is 0 Å². The molecular weight excluding hydrogens is 400 g/mol. The van der Waals surface area contributed by atoms with Crippen molar-refractivity contribution in [2.45, 2.75) is 46.2 Å². The average molecular weight is 437 g/mol. The van der Waals surface area contributed by atoms with Gasteiger partial charge in [0.1, 0.15) is 5.75 Å². The summed E-state index contributed by atoms with van der Waals surface area (Å²) >= 11 is 0. The number of likely N-dealkylation sites (tertiary alicyclic amines) is 1. The summed E-state index contributed by atoms with van der Waals surface area (Å²) in [6, 6.07) is 8.61. The van der Waals surface area contributed by atoms with Crippen LogP contribution in [-0.2, 0) is 17.9 Å². The fourth-order valence-electron chi connectivity index (χ4n) is 5.17. The van der Waals surface area contributed by atoms with Gasteiger partial charge in [0.15, 0.2) is 0 Å². The summed E-state index contributed by atoms with van der Waals surface area (Å²) in [5.74, 6) is 1.86. The summed E-state index contributed by atoms with van der Waals surface area (Å²) in [6.45, 7) is 8.58. The summed E-state index contributed by atoms with van der Waals surface area (Å²) in [5, 5.41) is 4.61. The van der Waals surface area contributed by atoms with E-state index < -0.39 is 0 Å². The second kappa shape index (κ2) is 9.90. The monoisotopic (exact) mass is 436 g/mol. The largest absolute Gasteiger partial charge is 0.496 e. The molecule has 1 unspecified atom stereocenters. The lowest BCUT2D eigenvalue weighted by molar-refractivity contribution is -0.135. The fraction of sp³-hybridized carbons (Fsp3) is 0.538. The lowest BCUT2D eigenvalue weighted by atomic mass is 9.81. The summed E-state index contributed by atoms with van der Waals surface area (Å²) < 4.78 is 7.66. The van der Waals surface area contributed by atoms with Gasteiger partial charge in [-0.2, -0.15) is 5.10 Å². The number of benzene rings is 1. The van der Waals surface area contributed by atoms with E-state index in [1.165, 1.54) is 5.56 Å². The molecule has 6 nitrogen and oxygen atoms in total. The Labute approximate surface area is 191 Å². The summed E-state index contributed by atoms with van der Waals surface area (Å²) in [7, 11) is 3.65. The molecule has 3 heterocycles. The molecule has 2 aromatic rings. The van der Waals surface area contributed by atoms with Crippen molar-refractivity contribution in [2.24, 2.45) is 11.8 Å². The van der Waals surface area contributed by atoms with Gasteiger partial charge in [0.2, 0.25) is 5.91 Å². The number of likely N-dealkylation sites (N-methyl/N-ethyl adjacent to an activating group) is 1. The number of hydrogen-bond acceptors (Lipinski definition) is 4. The van der Waals surface area contributed by atoms with Crippen molar-refractivity contribution in [3.05, 3.63) is 58.9 Å². The number of carbonyl (C=O) groups is 1. The van der Waals surface area contributed by atoms with E-state index in [0.29, 0.717) is 18.4 Å². The van der Waals surface area contributed by atoms with Crippen molar-refractivity contribution in [2.75, 3.05) is 33.8 Å². The highest BCUT2D eigenvalue weighted by Crippen LogP contribution is 2.31. The summed E-state index contributed by atoms with van der Waals surface area (Å²) in [6.07, 6.45) is 7.39. The van der Waals surface area contributed by atoms with Crippen LogP contribution < -0.4 is 4.74 Å². The van der Waals surface area contributed by atoms with Crippen molar-refractivity contribution in [3.63, 3.8) is 0 Å². The maximum atomic E-state index is 12.7. The van der Waals surface area contributed by atoms with Crippen LogP contribution in [0.2, 0.25) is 0 Å². The van der Waals surface area contributed by atoms with Gasteiger partial charge < -0.3 is 9.64 Å². The molecule has 1 atom stereocenters. The van der Waals surface area contributed by atoms with Crippen molar-refractivity contribution >= 4 is 5.91 Å². The first kappa shape index (κ1) is 22.6. The first-order chi connectivity index (χ1) is 15.4. The number of carbonyl (C=O) groups excluding carboxylic acids is 1. The van der Waals surface area contributed by atoms with E-state index in [-0.39, 0.29) is 5.92 Å². The molecule has 172 valence electrons. The molecule has 1 saturated heterocycles. The highest BCUT2D eigenvalue weighted by molar-refractivity contribution is 5.79. The molecular formula is C26H36N4O2. The molecule has 2 aliphatic rings. The first-order valence-corrected chi connectivity index (χ1v) is 11.7. The predicted molar refractivity (Wildman–Crippen MR) is 127 cm³/mol. The molecule has 32 heavy (non-hydrogen) atoms. The third-order valence-corrected chi connectivity index (χ3v) is 7.01. The number of methoxy groups -OCH3 is 1. The number of allylic oxidation sites excluding steroid dienone is 1. The van der Waals surface area contributed by atoms with Crippen molar-refractivity contribution in [1.82, 2.24) is 19.6 Å². The minimum Gasteiger partial charge on any atom is -0.496 e. The lowest BCUT2D eigenvalue weighted by Gasteiger charge is -2.36. The van der Waals surface area contributed by atoms with E-state index in [9.17, 15) is 4.79 Å². The molecule has 1 aromatic carbocycles. The van der Waals surface area contributed by atoms with Gasteiger partial charge in [-0.25, -0.2) is 0 Å². The smallest absolute Gasteiger partial charge is 0.226 e. The molecule has 6 heteroatoms. The molecule has 2 aliphatic heterocycles. The van der Waals surface area contributed by atoms with Crippen LogP contribution in [0.1, 0.15) is 41.8 Å². The Balaban J connectivity index is 1.39. The molecule has 1 aromatic heterocycles. The van der Waals surface area contributed by atoms with Crippen molar-refractivity contribution in [1.29, 1.82) is 0 Å². The van der Waals surface area contributed by atoms with Gasteiger partial charge in [0.05, 0.1) is 19.3 Å². The molecule has 0 radical (unpaired) electrons. The van der Waals surface area contributed by atoms with E-state index in [1.54, 1.807) is 7.11 Å². The second-order valence-electron chi connectivity index (χ2n) is 9.38. The highest BCUT2D eigenvalue weighted by atomic mass is 16.5. The average Bonchev–Trinajstić information content (AvgIpc) is 3.00. The van der Waals surface area contributed by atoms with Crippen LogP contribution in [0.25, 0.3) is 0 Å². The Morgan fingerprint density at radius 3 is 2.56 bits per heavy atom. The number of nitrogens with zero attached hydrogens (tertiary/aromatic N) is 4. The van der Waals surface area contributed by atoms with Gasteiger partial charge in [-0.1, -0.05) is 18.2 Å². The molecule has 0 bridgehead atoms. The van der Waals surface area contributed by atoms with E-state index in [0.717, 1.165) is 68.1 Å². The standard InChI is InChI=1S/C26H36N4O2/c1-19-15-20(2)30(27-19)18-23-16-21(8-9-25(23)32-4)17-29-13-10-22(11-14-29)24-7-5-6-12-28(3)26(24)31/h5-6,8-9,15-16,22,24H,7,10-14,17-18H2,1-4H3. The van der Waals surface area contributed by atoms with Crippen LogP contribution in [0, 0.1) is 25.7 Å². The van der Waals surface area contributed by atoms with Gasteiger partial charge in [-0.3, -0.25) is 14.4 Å². The van der Waals surface area contributed by atoms with Crippen molar-refractivity contribution in [3.8, 4) is 5.75 Å². The number of hydrogen-bond donors (Lipinski definition) is 0. The Bertz CT molecular complexity index is 972. The van der Waals surface area contributed by atoms with Gasteiger partial charge in [0, 0.05) is 37.3 Å². The second-order valence-corrected chi connectivity index (χ2v) is 9.38. The number of aryl methyl sites for hydroxylation is 2. The molecule has 0 aliphatic carbocycles. The summed E-state index contributed by atoms with van der Waals surface area (Å²) in [4.78, 5) is 17.1. The molecule has 1 fully saturated rings. The van der Waals surface area contributed by atoms with Gasteiger partial charge in [0.25, 0.3) is 0 Å². The molecule has 0 spiro atoms. The molecule has 0 N–H and O–H groups in total. The van der Waals surface area contributed by atoms with Crippen molar-refractivity contribution < 1.29 is 9.53 Å². The molecule has 1 amide bonds. The number of ether oxygens (including phenoxy) is 1. The predicted octanol–water partition coefficient (Wildman–Crippen LogP) is 3.80. The van der Waals surface area contributed by atoms with Gasteiger partial charge in [-0.15, -0.1) is 0 Å². The number of piperidine rings is 1. The maximum absolute atomic E-state index is 12.7. The van der Waals surface area contributed by atoms with Crippen LogP contribution in [0.5, 0.6) is 5.75 Å². The fourth-order valence-corrected chi connectivity index (χ4v) is 5.17. The zero-order valence-electron chi connectivity index (χ0n) is 19.9. The summed E-state index contributed by atoms with van der Waals surface area (Å²) in [5.41, 5.74) is 4.65. The van der Waals surface area contributed by atoms with E-state index in [1.807, 2.05) is 23.6 Å².